The van der Waals surface area contributed by atoms with Gasteiger partial charge in [-0.05, 0) is 28.6 Å². The van der Waals surface area contributed by atoms with Crippen LogP contribution < -0.4 is 4.57 Å². The normalized spacial score (nSPS) is 10.0. The number of hydrogen-bond donors (Lipinski definition) is 0. The van der Waals surface area contributed by atoms with Gasteiger partial charge in [-0.3, -0.25) is 4.79 Å². The van der Waals surface area contributed by atoms with Gasteiger partial charge in [-0.25, -0.2) is 4.57 Å². The molecule has 0 fully saturated rings. The average Bonchev–Trinajstić information content (AvgIpc) is 3.02. The highest BCUT2D eigenvalue weighted by Crippen LogP contribution is 2.20. The van der Waals surface area contributed by atoms with Crippen molar-refractivity contribution < 1.29 is 9.36 Å². The summed E-state index contributed by atoms with van der Waals surface area (Å²) in [5.41, 5.74) is 1.93. The summed E-state index contributed by atoms with van der Waals surface area (Å²) in [5.74, 6) is 0.104. The zero-order chi connectivity index (χ0) is 14.7. The second-order valence-corrected chi connectivity index (χ2v) is 6.39. The van der Waals surface area contributed by atoms with Crippen molar-refractivity contribution in [2.75, 3.05) is 0 Å². The van der Waals surface area contributed by atoms with Crippen LogP contribution in [0.2, 0.25) is 0 Å². The smallest absolute Gasteiger partial charge is 0.287 e. The van der Waals surface area contributed by atoms with Gasteiger partial charge in [0.25, 0.3) is 6.33 Å². The topological polar surface area (TPSA) is 33.8 Å². The van der Waals surface area contributed by atoms with Crippen molar-refractivity contribution in [3.05, 3.63) is 69.7 Å². The number of ketones is 1. The predicted octanol–water partition coefficient (Wildman–Crippen LogP) is 4.32. The lowest BCUT2D eigenvalue weighted by molar-refractivity contribution is -0.686. The van der Waals surface area contributed by atoms with E-state index in [-0.39, 0.29) is 22.8 Å². The van der Waals surface area contributed by atoms with E-state index in [4.69, 9.17) is 0 Å². The fourth-order valence-electron chi connectivity index (χ4n) is 1.98. The van der Waals surface area contributed by atoms with E-state index in [9.17, 15) is 4.79 Å². The monoisotopic (exact) mass is 439 g/mol. The number of Topliss-reactive ketones (excluding diaryl/α,β-unsaturated/α-hetero) is 1. The van der Waals surface area contributed by atoms with Crippen molar-refractivity contribution in [1.82, 2.24) is 4.98 Å². The maximum atomic E-state index is 12.0. The molecule has 0 saturated carbocycles. The number of carbonyl (C=O) groups is 1. The van der Waals surface area contributed by atoms with Gasteiger partial charge in [-0.15, -0.1) is 28.3 Å². The third-order valence-corrected chi connectivity index (χ3v) is 4.42. The molecule has 3 rings (SSSR count). The largest absolute Gasteiger partial charge is 0.289 e. The van der Waals surface area contributed by atoms with E-state index >= 15 is 0 Å². The fourth-order valence-corrected chi connectivity index (χ4v) is 3.03. The molecule has 112 valence electrons. The lowest BCUT2D eigenvalue weighted by Gasteiger charge is -1.99. The van der Waals surface area contributed by atoms with Gasteiger partial charge in [0.05, 0.1) is 11.1 Å². The molecule has 3 aromatic rings. The predicted molar refractivity (Wildman–Crippen MR) is 96.5 cm³/mol. The van der Waals surface area contributed by atoms with Crippen molar-refractivity contribution in [3.63, 3.8) is 0 Å². The molecule has 0 aliphatic heterocycles. The van der Waals surface area contributed by atoms with Gasteiger partial charge in [0, 0.05) is 16.1 Å². The van der Waals surface area contributed by atoms with Gasteiger partial charge in [0.2, 0.25) is 5.78 Å². The molecule has 6 heteroatoms. The number of benzene rings is 1. The van der Waals surface area contributed by atoms with E-state index in [1.807, 2.05) is 54.0 Å². The van der Waals surface area contributed by atoms with Crippen LogP contribution in [0.25, 0.3) is 11.3 Å². The minimum absolute atomic E-state index is 0. The number of nitrogens with zero attached hydrogens (tertiary/aromatic N) is 2. The summed E-state index contributed by atoms with van der Waals surface area (Å²) in [7, 11) is 0. The molecule has 2 heterocycles. The highest BCUT2D eigenvalue weighted by molar-refractivity contribution is 9.10. The Balaban J connectivity index is 0.00000176. The first-order chi connectivity index (χ1) is 10.2. The summed E-state index contributed by atoms with van der Waals surface area (Å²) in [6.45, 7) is 0.312. The number of halogens is 2. The quantitative estimate of drug-likeness (QED) is 0.447. The Labute approximate surface area is 151 Å². The summed E-state index contributed by atoms with van der Waals surface area (Å²) in [6.07, 6.45) is 3.58. The number of rotatable bonds is 4. The summed E-state index contributed by atoms with van der Waals surface area (Å²) in [6, 6.07) is 13.6. The zero-order valence-electron chi connectivity index (χ0n) is 11.5. The Morgan fingerprint density at radius 1 is 1.23 bits per heavy atom. The molecule has 0 aliphatic rings. The van der Waals surface area contributed by atoms with Crippen molar-refractivity contribution >= 4 is 50.0 Å². The molecule has 3 nitrogen and oxygen atoms in total. The molecule has 0 aliphatic carbocycles. The van der Waals surface area contributed by atoms with Crippen LogP contribution >= 0.6 is 44.2 Å². The van der Waals surface area contributed by atoms with E-state index in [1.54, 1.807) is 10.9 Å². The standard InChI is InChI=1S/C16H12BrN2OS.BrH/c17-13-4-1-3-12(9-13)14-6-7-19(11-18-14)10-15(20)16-5-2-8-21-16;/h1-9,11H,10H2;1H/q+1;. The van der Waals surface area contributed by atoms with Crippen LogP contribution in [-0.2, 0) is 6.54 Å². The first-order valence-electron chi connectivity index (χ1n) is 6.40. The second kappa shape index (κ2) is 7.76. The molecule has 1 aromatic carbocycles. The summed E-state index contributed by atoms with van der Waals surface area (Å²) >= 11 is 4.92. The minimum Gasteiger partial charge on any atom is -0.289 e. The Morgan fingerprint density at radius 2 is 2.09 bits per heavy atom. The van der Waals surface area contributed by atoms with Crippen LogP contribution in [0.15, 0.2) is 64.8 Å². The van der Waals surface area contributed by atoms with Crippen LogP contribution in [0.1, 0.15) is 9.67 Å². The van der Waals surface area contributed by atoms with Crippen molar-refractivity contribution in [2.45, 2.75) is 6.54 Å². The Morgan fingerprint density at radius 3 is 2.73 bits per heavy atom. The van der Waals surface area contributed by atoms with Crippen LogP contribution in [0.5, 0.6) is 0 Å². The van der Waals surface area contributed by atoms with Gasteiger partial charge in [-0.2, -0.15) is 0 Å². The molecule has 0 saturated heterocycles. The number of thiophene rings is 1. The lowest BCUT2D eigenvalue weighted by atomic mass is 10.1. The zero-order valence-corrected chi connectivity index (χ0v) is 15.6. The molecule has 0 unspecified atom stereocenters. The highest BCUT2D eigenvalue weighted by Gasteiger charge is 2.12. The summed E-state index contributed by atoms with van der Waals surface area (Å²) in [4.78, 5) is 17.2. The lowest BCUT2D eigenvalue weighted by Crippen LogP contribution is -2.37. The molecule has 0 atom stereocenters. The first kappa shape index (κ1) is 17.0. The highest BCUT2D eigenvalue weighted by atomic mass is 79.9. The SMILES string of the molecule is Br.O=C(C[n+]1ccc(-c2cccc(Br)c2)nc1)c1cccs1. The summed E-state index contributed by atoms with van der Waals surface area (Å²) < 4.78 is 2.81. The van der Waals surface area contributed by atoms with Gasteiger partial charge in [0.1, 0.15) is 0 Å². The van der Waals surface area contributed by atoms with Crippen LogP contribution in [0.4, 0.5) is 0 Å². The molecular formula is C16H13Br2N2OS+. The molecule has 0 spiro atoms. The van der Waals surface area contributed by atoms with Gasteiger partial charge in [-0.1, -0.05) is 34.1 Å². The number of carbonyl (C=O) groups excluding carboxylic acids is 1. The Bertz CT molecular complexity index is 758. The van der Waals surface area contributed by atoms with Crippen molar-refractivity contribution in [3.8, 4) is 11.3 Å². The van der Waals surface area contributed by atoms with Gasteiger partial charge >= 0.3 is 0 Å². The first-order valence-corrected chi connectivity index (χ1v) is 8.07. The van der Waals surface area contributed by atoms with Crippen LogP contribution in [-0.4, -0.2) is 10.8 Å². The Hall–Kier alpha value is -1.37. The maximum absolute atomic E-state index is 12.0. The Kier molecular flexibility index (Phi) is 5.99. The van der Waals surface area contributed by atoms with E-state index in [0.29, 0.717) is 6.54 Å². The van der Waals surface area contributed by atoms with E-state index < -0.39 is 0 Å². The third kappa shape index (κ3) is 4.09. The molecular weight excluding hydrogens is 428 g/mol. The number of aromatic nitrogens is 2. The molecule has 0 bridgehead atoms. The molecule has 0 radical (unpaired) electrons. The second-order valence-electron chi connectivity index (χ2n) is 4.53. The molecule has 22 heavy (non-hydrogen) atoms. The van der Waals surface area contributed by atoms with Crippen LogP contribution in [0.3, 0.4) is 0 Å². The van der Waals surface area contributed by atoms with E-state index in [2.05, 4.69) is 20.9 Å². The van der Waals surface area contributed by atoms with Gasteiger partial charge < -0.3 is 0 Å². The van der Waals surface area contributed by atoms with Crippen molar-refractivity contribution in [2.24, 2.45) is 0 Å². The minimum atomic E-state index is 0. The number of hydrogen-bond acceptors (Lipinski definition) is 3. The average molecular weight is 441 g/mol. The third-order valence-electron chi connectivity index (χ3n) is 3.01. The maximum Gasteiger partial charge on any atom is 0.287 e. The summed E-state index contributed by atoms with van der Waals surface area (Å²) in [5, 5.41) is 1.91. The van der Waals surface area contributed by atoms with E-state index in [1.165, 1.54) is 11.3 Å². The van der Waals surface area contributed by atoms with E-state index in [0.717, 1.165) is 20.6 Å². The molecule has 0 amide bonds. The fraction of sp³-hybridized carbons (Fsp3) is 0.0625. The van der Waals surface area contributed by atoms with Gasteiger partial charge in [0.15, 0.2) is 12.2 Å². The molecule has 0 N–H and O–H groups in total. The molecule has 2 aromatic heterocycles. The van der Waals surface area contributed by atoms with Crippen molar-refractivity contribution in [1.29, 1.82) is 0 Å². The van der Waals surface area contributed by atoms with Crippen LogP contribution in [0, 0.1) is 0 Å².